The molecule has 0 saturated heterocycles. The molecule has 6 N–H and O–H groups in total. The minimum Gasteiger partial charge on any atom is -0.505 e. The lowest BCUT2D eigenvalue weighted by Gasteiger charge is -2.15. The molecule has 3 rings (SSSR count). The van der Waals surface area contributed by atoms with Gasteiger partial charge < -0.3 is 20.4 Å². The summed E-state index contributed by atoms with van der Waals surface area (Å²) in [5.74, 6) is -2.52. The smallest absolute Gasteiger partial charge is 0.204 e. The number of phenolic OH excluding ortho intramolecular Hbond substituents is 4. The fourth-order valence-corrected chi connectivity index (χ4v) is 2.72. The second kappa shape index (κ2) is 5.87. The maximum absolute atomic E-state index is 10.1. The lowest BCUT2D eigenvalue weighted by atomic mass is 9.84. The van der Waals surface area contributed by atoms with Gasteiger partial charge in [-0.15, -0.1) is 0 Å². The van der Waals surface area contributed by atoms with Crippen LogP contribution in [0.15, 0.2) is 42.5 Å². The summed E-state index contributed by atoms with van der Waals surface area (Å²) in [6.45, 7) is 0. The summed E-state index contributed by atoms with van der Waals surface area (Å²) in [6.07, 6.45) is 4.90. The number of aromatic hydroxyl groups is 4. The van der Waals surface area contributed by atoms with Crippen LogP contribution >= 0.6 is 0 Å². The van der Waals surface area contributed by atoms with Gasteiger partial charge in [-0.05, 0) is 34.3 Å². The molecule has 124 valence electrons. The molecule has 0 fully saturated rings. The Morgan fingerprint density at radius 2 is 1.24 bits per heavy atom. The molecule has 25 heavy (non-hydrogen) atoms. The molecular weight excluding hydrogens is 319 g/mol. The quantitative estimate of drug-likeness (QED) is 0.215. The van der Waals surface area contributed by atoms with Gasteiger partial charge in [-0.3, -0.25) is 10.8 Å². The third kappa shape index (κ3) is 2.65. The van der Waals surface area contributed by atoms with Crippen LogP contribution in [0.1, 0.15) is 5.56 Å². The third-order valence-electron chi connectivity index (χ3n) is 4.17. The van der Waals surface area contributed by atoms with E-state index in [0.717, 1.165) is 11.1 Å². The molecule has 2 aromatic rings. The summed E-state index contributed by atoms with van der Waals surface area (Å²) in [5, 5.41) is 54.6. The standard InChI is InChI=1S/C18H15BN2O4/c19-14-13(15(22)17(24)18(25)16(14)23)9-3-1-8(2-4-9)10-5-6-11(20)12(21)7-10/h1-7,20-25H,19H2. The molecular formula is C18H15BN2O4. The molecule has 0 heterocycles. The van der Waals surface area contributed by atoms with Crippen molar-refractivity contribution in [2.24, 2.45) is 0 Å². The highest BCUT2D eigenvalue weighted by Crippen LogP contribution is 2.45. The maximum Gasteiger partial charge on any atom is 0.204 e. The largest absolute Gasteiger partial charge is 0.505 e. The fourth-order valence-electron chi connectivity index (χ4n) is 2.72. The molecule has 0 saturated carbocycles. The number of phenols is 4. The van der Waals surface area contributed by atoms with E-state index in [2.05, 4.69) is 0 Å². The summed E-state index contributed by atoms with van der Waals surface area (Å²) in [7, 11) is 1.52. The van der Waals surface area contributed by atoms with E-state index >= 15 is 0 Å². The lowest BCUT2D eigenvalue weighted by Crippen LogP contribution is -2.10. The van der Waals surface area contributed by atoms with E-state index in [1.165, 1.54) is 7.85 Å². The third-order valence-corrected chi connectivity index (χ3v) is 4.17. The Labute approximate surface area is 144 Å². The molecule has 0 spiro atoms. The van der Waals surface area contributed by atoms with Crippen LogP contribution in [0.4, 0.5) is 0 Å². The van der Waals surface area contributed by atoms with Crippen LogP contribution in [0, 0.1) is 10.8 Å². The molecule has 0 radical (unpaired) electrons. The molecule has 0 unspecified atom stereocenters. The predicted octanol–water partition coefficient (Wildman–Crippen LogP) is 1.43. The molecule has 0 bridgehead atoms. The minimum absolute atomic E-state index is 0.128. The number of nitrogens with one attached hydrogen (secondary N) is 2. The van der Waals surface area contributed by atoms with Crippen molar-refractivity contribution < 1.29 is 20.4 Å². The molecule has 1 aliphatic carbocycles. The summed E-state index contributed by atoms with van der Waals surface area (Å²) in [5.41, 5.74) is 2.90. The lowest BCUT2D eigenvalue weighted by molar-refractivity contribution is 0.348. The van der Waals surface area contributed by atoms with Gasteiger partial charge in [0.05, 0.1) is 11.4 Å². The number of allylic oxidation sites excluding steroid dienone is 4. The van der Waals surface area contributed by atoms with Gasteiger partial charge in [0.1, 0.15) is 7.85 Å². The Morgan fingerprint density at radius 1 is 0.680 bits per heavy atom. The zero-order valence-corrected chi connectivity index (χ0v) is 13.3. The molecule has 6 nitrogen and oxygen atoms in total. The zero-order valence-electron chi connectivity index (χ0n) is 13.3. The Balaban J connectivity index is 2.06. The first-order valence-electron chi connectivity index (χ1n) is 7.45. The second-order valence-corrected chi connectivity index (χ2v) is 5.73. The van der Waals surface area contributed by atoms with Gasteiger partial charge in [0.15, 0.2) is 11.5 Å². The number of rotatable bonds is 2. The first kappa shape index (κ1) is 16.4. The highest BCUT2D eigenvalue weighted by Gasteiger charge is 2.21. The van der Waals surface area contributed by atoms with Crippen LogP contribution in [-0.2, 0) is 0 Å². The molecule has 0 aliphatic heterocycles. The summed E-state index contributed by atoms with van der Waals surface area (Å²) in [4.78, 5) is 0. The number of hydrogen-bond donors (Lipinski definition) is 6. The molecule has 2 aromatic carbocycles. The predicted molar refractivity (Wildman–Crippen MR) is 99.3 cm³/mol. The monoisotopic (exact) mass is 334 g/mol. The Hall–Kier alpha value is -3.48. The number of benzene rings is 2. The topological polar surface area (TPSA) is 129 Å². The van der Waals surface area contributed by atoms with Crippen LogP contribution < -0.4 is 5.46 Å². The van der Waals surface area contributed by atoms with Crippen molar-refractivity contribution in [1.82, 2.24) is 0 Å². The van der Waals surface area contributed by atoms with E-state index < -0.39 is 23.0 Å². The van der Waals surface area contributed by atoms with E-state index in [1.54, 1.807) is 42.5 Å². The first-order chi connectivity index (χ1) is 11.8. The van der Waals surface area contributed by atoms with Crippen molar-refractivity contribution in [3.05, 3.63) is 48.1 Å². The zero-order chi connectivity index (χ0) is 18.3. The van der Waals surface area contributed by atoms with Crippen molar-refractivity contribution in [2.45, 2.75) is 0 Å². The van der Waals surface area contributed by atoms with E-state index in [0.29, 0.717) is 5.56 Å². The van der Waals surface area contributed by atoms with Crippen molar-refractivity contribution >= 4 is 30.3 Å². The Bertz CT molecular complexity index is 947. The molecule has 0 aromatic heterocycles. The Morgan fingerprint density at radius 3 is 1.84 bits per heavy atom. The van der Waals surface area contributed by atoms with E-state index in [9.17, 15) is 20.4 Å². The number of hydrogen-bond acceptors (Lipinski definition) is 6. The average Bonchev–Trinajstić information content (AvgIpc) is 2.61. The van der Waals surface area contributed by atoms with Crippen LogP contribution in [0.3, 0.4) is 0 Å². The molecule has 1 aliphatic rings. The maximum atomic E-state index is 10.1. The average molecular weight is 334 g/mol. The molecule has 7 heteroatoms. The summed E-state index contributed by atoms with van der Waals surface area (Å²) < 4.78 is 0. The van der Waals surface area contributed by atoms with E-state index in [1.807, 2.05) is 0 Å². The molecule has 0 atom stereocenters. The first-order valence-corrected chi connectivity index (χ1v) is 7.45. The van der Waals surface area contributed by atoms with Crippen molar-refractivity contribution in [1.29, 1.82) is 10.8 Å². The second-order valence-electron chi connectivity index (χ2n) is 5.73. The highest BCUT2D eigenvalue weighted by molar-refractivity contribution is 6.50. The van der Waals surface area contributed by atoms with Gasteiger partial charge in [0, 0.05) is 5.56 Å². The van der Waals surface area contributed by atoms with Gasteiger partial charge in [-0.1, -0.05) is 30.3 Å². The van der Waals surface area contributed by atoms with Crippen molar-refractivity contribution in [3.63, 3.8) is 0 Å². The fraction of sp³-hybridized carbons (Fsp3) is 0. The van der Waals surface area contributed by atoms with Gasteiger partial charge in [0.2, 0.25) is 11.5 Å². The van der Waals surface area contributed by atoms with Crippen LogP contribution in [0.5, 0.6) is 23.0 Å². The van der Waals surface area contributed by atoms with Crippen LogP contribution in [-0.4, -0.2) is 39.7 Å². The van der Waals surface area contributed by atoms with Gasteiger partial charge >= 0.3 is 0 Å². The minimum atomic E-state index is -0.771. The van der Waals surface area contributed by atoms with Crippen molar-refractivity contribution in [3.8, 4) is 34.1 Å². The highest BCUT2D eigenvalue weighted by atomic mass is 16.3. The van der Waals surface area contributed by atoms with E-state index in [-0.39, 0.29) is 22.4 Å². The normalized spacial score (nSPS) is 13.8. The van der Waals surface area contributed by atoms with Gasteiger partial charge in [0.25, 0.3) is 0 Å². The summed E-state index contributed by atoms with van der Waals surface area (Å²) >= 11 is 0. The van der Waals surface area contributed by atoms with Crippen LogP contribution in [0.2, 0.25) is 0 Å². The van der Waals surface area contributed by atoms with Crippen molar-refractivity contribution in [2.75, 3.05) is 0 Å². The SMILES string of the molecule is Bc1c(O)c(O)c(O)c(O)c1-c1ccc(C2=CC(=N)C(=N)C=C2)cc1. The Kier molecular flexibility index (Phi) is 3.84. The van der Waals surface area contributed by atoms with Gasteiger partial charge in [-0.2, -0.15) is 0 Å². The van der Waals surface area contributed by atoms with E-state index in [4.69, 9.17) is 10.8 Å². The van der Waals surface area contributed by atoms with Crippen LogP contribution in [0.25, 0.3) is 16.7 Å². The van der Waals surface area contributed by atoms with Gasteiger partial charge in [-0.25, -0.2) is 0 Å². The summed E-state index contributed by atoms with van der Waals surface area (Å²) in [6, 6.07) is 6.94. The molecule has 0 amide bonds.